The normalized spacial score (nSPS) is 17.9. The summed E-state index contributed by atoms with van der Waals surface area (Å²) >= 11 is 11.7. The summed E-state index contributed by atoms with van der Waals surface area (Å²) in [6.07, 6.45) is -4.68. The molecule has 28 heavy (non-hydrogen) atoms. The number of carbonyl (C=O) groups excluding carboxylic acids is 1. The Hall–Kier alpha value is -1.93. The number of halogens is 5. The van der Waals surface area contributed by atoms with Crippen molar-refractivity contribution in [3.63, 3.8) is 0 Å². The number of hydrogen-bond donors (Lipinski definition) is 0. The zero-order chi connectivity index (χ0) is 20.6. The van der Waals surface area contributed by atoms with E-state index in [0.29, 0.717) is 29.3 Å². The zero-order valence-corrected chi connectivity index (χ0v) is 16.8. The second-order valence-electron chi connectivity index (χ2n) is 6.76. The molecule has 5 nitrogen and oxygen atoms in total. The molecule has 1 fully saturated rings. The number of rotatable bonds is 3. The molecule has 3 rings (SSSR count). The number of piperazine rings is 1. The fraction of sp³-hybridized carbons (Fsp3) is 0.444. The van der Waals surface area contributed by atoms with Gasteiger partial charge < -0.3 is 9.80 Å². The van der Waals surface area contributed by atoms with E-state index in [0.717, 1.165) is 5.69 Å². The van der Waals surface area contributed by atoms with E-state index in [-0.39, 0.29) is 11.7 Å². The summed E-state index contributed by atoms with van der Waals surface area (Å²) in [5, 5.41) is 3.97. The van der Waals surface area contributed by atoms with Crippen LogP contribution < -0.4 is 4.90 Å². The average Bonchev–Trinajstić information content (AvgIpc) is 2.89. The van der Waals surface area contributed by atoms with Crippen molar-refractivity contribution in [2.24, 2.45) is 0 Å². The number of amides is 1. The van der Waals surface area contributed by atoms with Crippen LogP contribution in [0.1, 0.15) is 18.3 Å². The maximum atomic E-state index is 13.3. The lowest BCUT2D eigenvalue weighted by molar-refractivity contribution is -0.146. The van der Waals surface area contributed by atoms with Crippen LogP contribution in [0.15, 0.2) is 24.3 Å². The summed E-state index contributed by atoms with van der Waals surface area (Å²) in [6.45, 7) is 4.28. The number of aryl methyl sites for hydroxylation is 1. The van der Waals surface area contributed by atoms with Crippen molar-refractivity contribution in [2.45, 2.75) is 32.6 Å². The lowest BCUT2D eigenvalue weighted by Gasteiger charge is -2.41. The molecule has 1 saturated heterocycles. The molecule has 1 aromatic carbocycles. The molecule has 0 spiro atoms. The molecule has 0 bridgehead atoms. The summed E-state index contributed by atoms with van der Waals surface area (Å²) in [5.74, 6) is -0.423. The van der Waals surface area contributed by atoms with Gasteiger partial charge in [-0.25, -0.2) is 4.68 Å². The lowest BCUT2D eigenvalue weighted by atomic mass is 10.1. The van der Waals surface area contributed by atoms with Crippen LogP contribution in [0.5, 0.6) is 0 Å². The minimum atomic E-state index is -4.68. The molecule has 1 atom stereocenters. The molecule has 2 aromatic rings. The Labute approximate surface area is 170 Å². The first kappa shape index (κ1) is 20.8. The van der Waals surface area contributed by atoms with Gasteiger partial charge in [-0.2, -0.15) is 18.3 Å². The van der Waals surface area contributed by atoms with Crippen LogP contribution in [0.2, 0.25) is 10.0 Å². The first-order valence-corrected chi connectivity index (χ1v) is 9.43. The van der Waals surface area contributed by atoms with Crippen molar-refractivity contribution in [2.75, 3.05) is 24.5 Å². The molecule has 0 N–H and O–H groups in total. The van der Waals surface area contributed by atoms with Gasteiger partial charge in [-0.05, 0) is 38.1 Å². The van der Waals surface area contributed by atoms with Crippen molar-refractivity contribution in [1.82, 2.24) is 14.7 Å². The van der Waals surface area contributed by atoms with Gasteiger partial charge in [0.2, 0.25) is 5.91 Å². The van der Waals surface area contributed by atoms with Gasteiger partial charge in [0.1, 0.15) is 6.54 Å². The standard InChI is InChI=1S/C18H19Cl2F3N4O/c1-11-9-25(14-5-3-13(19)4-6-14)7-8-26(11)15(28)10-27-17(18(21,22)23)16(20)12(2)24-27/h3-6,11H,7-10H2,1-2H3. The van der Waals surface area contributed by atoms with Crippen LogP contribution in [0, 0.1) is 6.92 Å². The third kappa shape index (κ3) is 4.22. The molecule has 1 aliphatic heterocycles. The first-order valence-electron chi connectivity index (χ1n) is 8.68. The number of hydrogen-bond acceptors (Lipinski definition) is 3. The maximum absolute atomic E-state index is 13.3. The minimum Gasteiger partial charge on any atom is -0.368 e. The fourth-order valence-corrected chi connectivity index (χ4v) is 3.75. The summed E-state index contributed by atoms with van der Waals surface area (Å²) < 4.78 is 40.5. The highest BCUT2D eigenvalue weighted by Crippen LogP contribution is 2.36. The number of nitrogens with zero attached hydrogens (tertiary/aromatic N) is 4. The summed E-state index contributed by atoms with van der Waals surface area (Å²) in [5.41, 5.74) is -0.0629. The molecular formula is C18H19Cl2F3N4O. The summed E-state index contributed by atoms with van der Waals surface area (Å²) in [4.78, 5) is 16.4. The summed E-state index contributed by atoms with van der Waals surface area (Å²) in [6, 6.07) is 7.22. The second kappa shape index (κ2) is 7.83. The average molecular weight is 435 g/mol. The second-order valence-corrected chi connectivity index (χ2v) is 7.58. The Morgan fingerprint density at radius 3 is 2.43 bits per heavy atom. The van der Waals surface area contributed by atoms with Gasteiger partial charge in [0.25, 0.3) is 0 Å². The van der Waals surface area contributed by atoms with E-state index in [1.165, 1.54) is 6.92 Å². The number of anilines is 1. The highest BCUT2D eigenvalue weighted by atomic mass is 35.5. The highest BCUT2D eigenvalue weighted by Gasteiger charge is 2.40. The Kier molecular flexibility index (Phi) is 5.82. The molecule has 0 aliphatic carbocycles. The molecular weight excluding hydrogens is 416 g/mol. The molecule has 1 unspecified atom stereocenters. The van der Waals surface area contributed by atoms with Crippen molar-refractivity contribution in [3.8, 4) is 0 Å². The molecule has 2 heterocycles. The molecule has 152 valence electrons. The van der Waals surface area contributed by atoms with Crippen LogP contribution in [-0.2, 0) is 17.5 Å². The van der Waals surface area contributed by atoms with E-state index in [2.05, 4.69) is 10.00 Å². The molecule has 0 radical (unpaired) electrons. The molecule has 0 saturated carbocycles. The topological polar surface area (TPSA) is 41.4 Å². The van der Waals surface area contributed by atoms with Crippen molar-refractivity contribution < 1.29 is 18.0 Å². The Morgan fingerprint density at radius 1 is 1.21 bits per heavy atom. The number of alkyl halides is 3. The van der Waals surface area contributed by atoms with Gasteiger partial charge in [-0.1, -0.05) is 23.2 Å². The Balaban J connectivity index is 1.71. The minimum absolute atomic E-state index is 0.0439. The molecule has 1 aliphatic rings. The maximum Gasteiger partial charge on any atom is 0.434 e. The van der Waals surface area contributed by atoms with Crippen LogP contribution in [-0.4, -0.2) is 46.3 Å². The van der Waals surface area contributed by atoms with Crippen LogP contribution in [0.25, 0.3) is 0 Å². The van der Waals surface area contributed by atoms with Crippen molar-refractivity contribution in [3.05, 3.63) is 45.7 Å². The molecule has 1 aromatic heterocycles. The van der Waals surface area contributed by atoms with E-state index in [1.54, 1.807) is 17.0 Å². The monoisotopic (exact) mass is 434 g/mol. The smallest absolute Gasteiger partial charge is 0.368 e. The van der Waals surface area contributed by atoms with Gasteiger partial charge in [-0.15, -0.1) is 0 Å². The van der Waals surface area contributed by atoms with E-state index >= 15 is 0 Å². The van der Waals surface area contributed by atoms with Gasteiger partial charge in [0, 0.05) is 36.4 Å². The largest absolute Gasteiger partial charge is 0.434 e. The Bertz CT molecular complexity index is 867. The van der Waals surface area contributed by atoms with E-state index in [9.17, 15) is 18.0 Å². The lowest BCUT2D eigenvalue weighted by Crippen LogP contribution is -2.55. The number of carbonyl (C=O) groups is 1. The Morgan fingerprint density at radius 2 is 1.86 bits per heavy atom. The van der Waals surface area contributed by atoms with Crippen LogP contribution in [0.3, 0.4) is 0 Å². The van der Waals surface area contributed by atoms with E-state index in [1.807, 2.05) is 19.1 Å². The van der Waals surface area contributed by atoms with Crippen LogP contribution >= 0.6 is 23.2 Å². The van der Waals surface area contributed by atoms with Gasteiger partial charge >= 0.3 is 6.18 Å². The predicted octanol–water partition coefficient (Wildman–Crippen LogP) is 4.25. The van der Waals surface area contributed by atoms with Crippen molar-refractivity contribution in [1.29, 1.82) is 0 Å². The van der Waals surface area contributed by atoms with E-state index in [4.69, 9.17) is 23.2 Å². The summed E-state index contributed by atoms with van der Waals surface area (Å²) in [7, 11) is 0. The third-order valence-corrected chi connectivity index (χ3v) is 5.45. The SMILES string of the molecule is Cc1nn(CC(=O)N2CCN(c3ccc(Cl)cc3)CC2C)c(C(F)(F)F)c1Cl. The van der Waals surface area contributed by atoms with Gasteiger partial charge in [0.15, 0.2) is 5.69 Å². The van der Waals surface area contributed by atoms with Crippen LogP contribution in [0.4, 0.5) is 18.9 Å². The number of benzene rings is 1. The highest BCUT2D eigenvalue weighted by molar-refractivity contribution is 6.32. The molecule has 10 heteroatoms. The fourth-order valence-electron chi connectivity index (χ4n) is 3.38. The van der Waals surface area contributed by atoms with Gasteiger partial charge in [-0.3, -0.25) is 4.79 Å². The third-order valence-electron chi connectivity index (χ3n) is 4.75. The molecule has 1 amide bonds. The predicted molar refractivity (Wildman–Crippen MR) is 102 cm³/mol. The quantitative estimate of drug-likeness (QED) is 0.724. The number of aromatic nitrogens is 2. The zero-order valence-electron chi connectivity index (χ0n) is 15.3. The van der Waals surface area contributed by atoms with E-state index < -0.39 is 29.3 Å². The first-order chi connectivity index (χ1) is 13.1. The van der Waals surface area contributed by atoms with Gasteiger partial charge in [0.05, 0.1) is 10.7 Å². The van der Waals surface area contributed by atoms with Crippen molar-refractivity contribution >= 4 is 34.8 Å².